The van der Waals surface area contributed by atoms with Crippen LogP contribution in [0.5, 0.6) is 17.2 Å². The molecule has 0 bridgehead atoms. The first-order valence-corrected chi connectivity index (χ1v) is 13.0. The Labute approximate surface area is 191 Å². The molecule has 2 aliphatic heterocycles. The maximum Gasteiger partial charge on any atom is 0.242 e. The number of nitrogens with zero attached hydrogens (tertiary/aromatic N) is 2. The Kier molecular flexibility index (Phi) is 6.18. The van der Waals surface area contributed by atoms with Gasteiger partial charge in [0, 0.05) is 19.6 Å². The quantitative estimate of drug-likeness (QED) is 0.536. The van der Waals surface area contributed by atoms with E-state index in [1.807, 2.05) is 24.3 Å². The molecule has 3 heterocycles. The van der Waals surface area contributed by atoms with Crippen LogP contribution >= 0.6 is 11.3 Å². The minimum Gasteiger partial charge on any atom is -0.488 e. The lowest BCUT2D eigenvalue weighted by Crippen LogP contribution is -2.32. The Bertz CT molecular complexity index is 1200. The molecule has 0 spiro atoms. The lowest BCUT2D eigenvalue weighted by Gasteiger charge is -2.22. The fourth-order valence-corrected chi connectivity index (χ4v) is 6.16. The van der Waals surface area contributed by atoms with Crippen molar-refractivity contribution in [2.24, 2.45) is 5.92 Å². The van der Waals surface area contributed by atoms with Gasteiger partial charge in [0.15, 0.2) is 11.5 Å². The summed E-state index contributed by atoms with van der Waals surface area (Å²) in [6.07, 6.45) is 0.946. The number of sulfonamides is 1. The van der Waals surface area contributed by atoms with E-state index in [1.165, 1.54) is 11.3 Å². The van der Waals surface area contributed by atoms with Gasteiger partial charge in [0.2, 0.25) is 15.8 Å². The molecule has 1 aromatic heterocycles. The predicted octanol–water partition coefficient (Wildman–Crippen LogP) is 2.75. The second-order valence-electron chi connectivity index (χ2n) is 7.89. The van der Waals surface area contributed by atoms with Crippen LogP contribution in [0.1, 0.15) is 6.42 Å². The Morgan fingerprint density at radius 1 is 1.19 bits per heavy atom. The average molecular weight is 476 g/mol. The standard InChI is InChI=1S/C22H25N3O5S2/c26-32(27,20-6-2-5-19-21(20)23-15-31-19)24-13-16-7-8-25(14-16)9-10-28-17-3-1-4-18-22(17)30-12-11-29-18/h1-6,15-16,24H,7-14H2. The number of ether oxygens (including phenoxy) is 3. The van der Waals surface area contributed by atoms with Crippen molar-refractivity contribution in [3.05, 3.63) is 41.9 Å². The van der Waals surface area contributed by atoms with Gasteiger partial charge in [0.1, 0.15) is 30.2 Å². The number of thiazole rings is 1. The first-order chi connectivity index (χ1) is 15.6. The number of aromatic nitrogens is 1. The molecule has 5 rings (SSSR count). The van der Waals surface area contributed by atoms with Crippen LogP contribution in [-0.2, 0) is 10.0 Å². The molecule has 0 saturated carbocycles. The van der Waals surface area contributed by atoms with E-state index in [0.717, 1.165) is 36.5 Å². The third-order valence-corrected chi connectivity index (χ3v) is 7.99. The summed E-state index contributed by atoms with van der Waals surface area (Å²) in [4.78, 5) is 6.77. The van der Waals surface area contributed by atoms with E-state index < -0.39 is 10.0 Å². The molecule has 170 valence electrons. The van der Waals surface area contributed by atoms with E-state index in [2.05, 4.69) is 14.6 Å². The lowest BCUT2D eigenvalue weighted by atomic mass is 10.1. The van der Waals surface area contributed by atoms with Crippen molar-refractivity contribution < 1.29 is 22.6 Å². The van der Waals surface area contributed by atoms with Crippen LogP contribution in [0.25, 0.3) is 10.2 Å². The molecule has 0 aliphatic carbocycles. The van der Waals surface area contributed by atoms with E-state index >= 15 is 0 Å². The van der Waals surface area contributed by atoms with E-state index in [1.54, 1.807) is 17.6 Å². The average Bonchev–Trinajstić information content (AvgIpc) is 3.47. The van der Waals surface area contributed by atoms with Gasteiger partial charge in [-0.25, -0.2) is 18.1 Å². The number of nitrogens with one attached hydrogen (secondary N) is 1. The molecule has 2 aromatic carbocycles. The van der Waals surface area contributed by atoms with Crippen molar-refractivity contribution >= 4 is 31.6 Å². The highest BCUT2D eigenvalue weighted by molar-refractivity contribution is 7.89. The summed E-state index contributed by atoms with van der Waals surface area (Å²) in [5, 5.41) is 0. The van der Waals surface area contributed by atoms with Gasteiger partial charge >= 0.3 is 0 Å². The van der Waals surface area contributed by atoms with Gasteiger partial charge in [-0.05, 0) is 43.1 Å². The molecule has 1 saturated heterocycles. The fraction of sp³-hybridized carbons (Fsp3) is 0.409. The van der Waals surface area contributed by atoms with Crippen LogP contribution < -0.4 is 18.9 Å². The molecule has 32 heavy (non-hydrogen) atoms. The number of fused-ring (bicyclic) bond motifs is 2. The summed E-state index contributed by atoms with van der Waals surface area (Å²) >= 11 is 1.44. The smallest absolute Gasteiger partial charge is 0.242 e. The summed E-state index contributed by atoms with van der Waals surface area (Å²) in [5.41, 5.74) is 2.21. The molecule has 8 nitrogen and oxygen atoms in total. The van der Waals surface area contributed by atoms with Gasteiger partial charge in [0.05, 0.1) is 10.2 Å². The number of para-hydroxylation sites is 2. The fourth-order valence-electron chi connectivity index (χ4n) is 4.11. The zero-order valence-corrected chi connectivity index (χ0v) is 19.2. The maximum absolute atomic E-state index is 12.8. The molecule has 0 amide bonds. The van der Waals surface area contributed by atoms with Crippen molar-refractivity contribution in [1.29, 1.82) is 0 Å². The lowest BCUT2D eigenvalue weighted by molar-refractivity contribution is 0.158. The Hall–Kier alpha value is -2.40. The first kappa shape index (κ1) is 21.4. The highest BCUT2D eigenvalue weighted by Gasteiger charge is 2.26. The van der Waals surface area contributed by atoms with Crippen LogP contribution in [0, 0.1) is 5.92 Å². The summed E-state index contributed by atoms with van der Waals surface area (Å²) in [7, 11) is -3.60. The highest BCUT2D eigenvalue weighted by Crippen LogP contribution is 2.38. The van der Waals surface area contributed by atoms with Crippen LogP contribution in [0.3, 0.4) is 0 Å². The zero-order chi connectivity index (χ0) is 22.0. The molecular weight excluding hydrogens is 450 g/mol. The third-order valence-electron chi connectivity index (χ3n) is 5.74. The summed E-state index contributed by atoms with van der Waals surface area (Å²) < 4.78 is 46.5. The monoisotopic (exact) mass is 475 g/mol. The highest BCUT2D eigenvalue weighted by atomic mass is 32.2. The summed E-state index contributed by atoms with van der Waals surface area (Å²) in [5.74, 6) is 2.35. The van der Waals surface area contributed by atoms with Crippen molar-refractivity contribution in [3.8, 4) is 17.2 Å². The van der Waals surface area contributed by atoms with Gasteiger partial charge < -0.3 is 14.2 Å². The Balaban J connectivity index is 1.11. The van der Waals surface area contributed by atoms with Crippen molar-refractivity contribution in [2.75, 3.05) is 46.0 Å². The van der Waals surface area contributed by atoms with Gasteiger partial charge in [-0.1, -0.05) is 12.1 Å². The Morgan fingerprint density at radius 3 is 3.00 bits per heavy atom. The molecule has 1 atom stereocenters. The minimum absolute atomic E-state index is 0.247. The SMILES string of the molecule is O=S(=O)(NCC1CCN(CCOc2cccc3c2OCCO3)C1)c1cccc2scnc12. The van der Waals surface area contributed by atoms with Crippen LogP contribution in [0.15, 0.2) is 46.8 Å². The van der Waals surface area contributed by atoms with Crippen molar-refractivity contribution in [2.45, 2.75) is 11.3 Å². The number of likely N-dealkylation sites (tertiary alicyclic amines) is 1. The predicted molar refractivity (Wildman–Crippen MR) is 122 cm³/mol. The van der Waals surface area contributed by atoms with Gasteiger partial charge in [-0.2, -0.15) is 0 Å². The first-order valence-electron chi connectivity index (χ1n) is 10.7. The molecule has 1 unspecified atom stereocenters. The minimum atomic E-state index is -3.60. The van der Waals surface area contributed by atoms with E-state index in [9.17, 15) is 8.42 Å². The van der Waals surface area contributed by atoms with E-state index in [0.29, 0.717) is 43.4 Å². The van der Waals surface area contributed by atoms with Gasteiger partial charge in [-0.3, -0.25) is 4.90 Å². The van der Waals surface area contributed by atoms with Crippen molar-refractivity contribution in [1.82, 2.24) is 14.6 Å². The number of hydrogen-bond acceptors (Lipinski definition) is 8. The molecular formula is C22H25N3O5S2. The molecule has 10 heteroatoms. The topological polar surface area (TPSA) is 90.0 Å². The normalized spacial score (nSPS) is 18.8. The van der Waals surface area contributed by atoms with Crippen LogP contribution in [-0.4, -0.2) is 64.3 Å². The second kappa shape index (κ2) is 9.22. The summed E-state index contributed by atoms with van der Waals surface area (Å²) in [6.45, 7) is 4.54. The third kappa shape index (κ3) is 4.54. The molecule has 1 N–H and O–H groups in total. The van der Waals surface area contributed by atoms with E-state index in [-0.39, 0.29) is 10.8 Å². The number of benzene rings is 2. The number of rotatable bonds is 8. The van der Waals surface area contributed by atoms with Gasteiger partial charge in [0.25, 0.3) is 0 Å². The van der Waals surface area contributed by atoms with Gasteiger partial charge in [-0.15, -0.1) is 11.3 Å². The second-order valence-corrected chi connectivity index (χ2v) is 10.5. The van der Waals surface area contributed by atoms with Crippen LogP contribution in [0.2, 0.25) is 0 Å². The molecule has 2 aliphatic rings. The largest absolute Gasteiger partial charge is 0.488 e. The maximum atomic E-state index is 12.8. The Morgan fingerprint density at radius 2 is 2.06 bits per heavy atom. The summed E-state index contributed by atoms with van der Waals surface area (Å²) in [6, 6.07) is 10.9. The zero-order valence-electron chi connectivity index (χ0n) is 17.5. The van der Waals surface area contributed by atoms with E-state index in [4.69, 9.17) is 14.2 Å². The molecule has 0 radical (unpaired) electrons. The number of hydrogen-bond donors (Lipinski definition) is 1. The van der Waals surface area contributed by atoms with Crippen molar-refractivity contribution in [3.63, 3.8) is 0 Å². The molecule has 3 aromatic rings. The van der Waals surface area contributed by atoms with Crippen LogP contribution in [0.4, 0.5) is 0 Å². The molecule has 1 fully saturated rings.